The highest BCUT2D eigenvalue weighted by molar-refractivity contribution is 5.67. The first-order valence-electron chi connectivity index (χ1n) is 4.71. The van der Waals surface area contributed by atoms with Gasteiger partial charge in [0.25, 0.3) is 0 Å². The van der Waals surface area contributed by atoms with E-state index in [4.69, 9.17) is 5.11 Å². The number of rotatable bonds is 1. The van der Waals surface area contributed by atoms with Crippen LogP contribution in [0.1, 0.15) is 27.2 Å². The van der Waals surface area contributed by atoms with E-state index in [-0.39, 0.29) is 6.04 Å². The van der Waals surface area contributed by atoms with Crippen molar-refractivity contribution < 1.29 is 15.0 Å². The normalized spacial score (nSPS) is 26.6. The van der Waals surface area contributed by atoms with Crippen LogP contribution in [-0.4, -0.2) is 38.9 Å². The molecule has 1 aliphatic rings. The van der Waals surface area contributed by atoms with Crippen LogP contribution in [0.4, 0.5) is 4.79 Å². The van der Waals surface area contributed by atoms with Gasteiger partial charge in [-0.15, -0.1) is 0 Å². The second kappa shape index (κ2) is 3.61. The van der Waals surface area contributed by atoms with Gasteiger partial charge in [-0.2, -0.15) is 0 Å². The Morgan fingerprint density at radius 3 is 2.29 bits per heavy atom. The minimum Gasteiger partial charge on any atom is -0.465 e. The van der Waals surface area contributed by atoms with E-state index >= 15 is 0 Å². The van der Waals surface area contributed by atoms with Crippen molar-refractivity contribution in [3.8, 4) is 0 Å². The number of aliphatic hydroxyl groups is 1. The number of carboxylic acid groups (broad SMARTS) is 1. The molecule has 0 bridgehead atoms. The molecule has 0 spiro atoms. The highest BCUT2D eigenvalue weighted by Gasteiger charge is 2.34. The molecule has 2 atom stereocenters. The van der Waals surface area contributed by atoms with Crippen LogP contribution in [0, 0.1) is 0 Å². The summed E-state index contributed by atoms with van der Waals surface area (Å²) in [6, 6.07) is -0.206. The van der Waals surface area contributed by atoms with Crippen LogP contribution in [-0.2, 0) is 0 Å². The smallest absolute Gasteiger partial charge is 0.408 e. The average Bonchev–Trinajstić information content (AvgIpc) is 2.31. The summed E-state index contributed by atoms with van der Waals surface area (Å²) in [4.78, 5) is 12.4. The number of aliphatic hydroxyl groups excluding tert-OH is 1. The average molecular weight is 199 g/mol. The lowest BCUT2D eigenvalue weighted by Crippen LogP contribution is -2.50. The summed E-state index contributed by atoms with van der Waals surface area (Å²) in [6.45, 7) is 5.54. The van der Waals surface area contributed by atoms with Gasteiger partial charge in [-0.05, 0) is 20.8 Å². The van der Waals surface area contributed by atoms with Gasteiger partial charge in [0, 0.05) is 12.0 Å². The van der Waals surface area contributed by atoms with Gasteiger partial charge >= 0.3 is 6.09 Å². The lowest BCUT2D eigenvalue weighted by molar-refractivity contribution is 0.0740. The van der Waals surface area contributed by atoms with Crippen LogP contribution in [0.5, 0.6) is 0 Å². The molecule has 0 aromatic heterocycles. The van der Waals surface area contributed by atoms with E-state index in [9.17, 15) is 9.90 Å². The number of carbonyl (C=O) groups is 1. The van der Waals surface area contributed by atoms with Crippen molar-refractivity contribution in [3.05, 3.63) is 12.2 Å². The third-order valence-corrected chi connectivity index (χ3v) is 2.30. The van der Waals surface area contributed by atoms with Crippen molar-refractivity contribution in [2.24, 2.45) is 0 Å². The zero-order chi connectivity index (χ0) is 10.9. The Balaban J connectivity index is 2.80. The first-order chi connectivity index (χ1) is 6.32. The molecule has 14 heavy (non-hydrogen) atoms. The summed E-state index contributed by atoms with van der Waals surface area (Å²) >= 11 is 0. The zero-order valence-corrected chi connectivity index (χ0v) is 8.77. The highest BCUT2D eigenvalue weighted by atomic mass is 16.4. The largest absolute Gasteiger partial charge is 0.465 e. The fourth-order valence-electron chi connectivity index (χ4n) is 1.78. The highest BCUT2D eigenvalue weighted by Crippen LogP contribution is 2.24. The van der Waals surface area contributed by atoms with Crippen molar-refractivity contribution in [1.82, 2.24) is 4.90 Å². The first kappa shape index (κ1) is 11.0. The molecule has 2 N–H and O–H groups in total. The zero-order valence-electron chi connectivity index (χ0n) is 8.77. The molecular formula is C10H17NO3. The Hall–Kier alpha value is -1.03. The van der Waals surface area contributed by atoms with Crippen molar-refractivity contribution >= 4 is 6.09 Å². The molecular weight excluding hydrogens is 182 g/mol. The SMILES string of the molecule is CC(C)(C)N(C(=O)O)[C@@H]1C=C[C@H](O)C1. The summed E-state index contributed by atoms with van der Waals surface area (Å²) in [5, 5.41) is 18.4. The van der Waals surface area contributed by atoms with E-state index in [0.29, 0.717) is 6.42 Å². The molecule has 0 saturated carbocycles. The van der Waals surface area contributed by atoms with Crippen LogP contribution in [0.2, 0.25) is 0 Å². The quantitative estimate of drug-likeness (QED) is 0.628. The molecule has 0 saturated heterocycles. The van der Waals surface area contributed by atoms with E-state index in [1.807, 2.05) is 20.8 Å². The van der Waals surface area contributed by atoms with Crippen molar-refractivity contribution in [2.45, 2.75) is 44.9 Å². The molecule has 0 aromatic rings. The van der Waals surface area contributed by atoms with E-state index < -0.39 is 17.7 Å². The van der Waals surface area contributed by atoms with Gasteiger partial charge in [0.2, 0.25) is 0 Å². The van der Waals surface area contributed by atoms with Crippen molar-refractivity contribution in [3.63, 3.8) is 0 Å². The lowest BCUT2D eigenvalue weighted by Gasteiger charge is -2.37. The Labute approximate surface area is 83.8 Å². The van der Waals surface area contributed by atoms with Gasteiger partial charge in [-0.3, -0.25) is 4.90 Å². The minimum atomic E-state index is -0.943. The van der Waals surface area contributed by atoms with Gasteiger partial charge in [-0.25, -0.2) is 4.79 Å². The fraction of sp³-hybridized carbons (Fsp3) is 0.700. The summed E-state index contributed by atoms with van der Waals surface area (Å²) < 4.78 is 0. The Morgan fingerprint density at radius 2 is 2.00 bits per heavy atom. The molecule has 0 aliphatic heterocycles. The summed E-state index contributed by atoms with van der Waals surface area (Å²) in [5.41, 5.74) is -0.440. The van der Waals surface area contributed by atoms with Crippen LogP contribution in [0.25, 0.3) is 0 Å². The van der Waals surface area contributed by atoms with E-state index in [2.05, 4.69) is 0 Å². The van der Waals surface area contributed by atoms with Crippen LogP contribution in [0.15, 0.2) is 12.2 Å². The summed E-state index contributed by atoms with van der Waals surface area (Å²) in [7, 11) is 0. The number of amides is 1. The molecule has 1 aliphatic carbocycles. The maximum absolute atomic E-state index is 11.1. The van der Waals surface area contributed by atoms with E-state index in [1.54, 1.807) is 12.2 Å². The molecule has 4 nitrogen and oxygen atoms in total. The minimum absolute atomic E-state index is 0.206. The standard InChI is InChI=1S/C10H17NO3/c1-10(2,3)11(9(13)14)7-4-5-8(12)6-7/h4-5,7-8,12H,6H2,1-3H3,(H,13,14)/t7-,8+/m1/s1. The number of hydrogen-bond donors (Lipinski definition) is 2. The number of nitrogens with zero attached hydrogens (tertiary/aromatic N) is 1. The van der Waals surface area contributed by atoms with Crippen LogP contribution in [0.3, 0.4) is 0 Å². The molecule has 0 unspecified atom stereocenters. The molecule has 0 heterocycles. The molecule has 0 aromatic carbocycles. The van der Waals surface area contributed by atoms with Crippen molar-refractivity contribution in [2.75, 3.05) is 0 Å². The molecule has 0 radical (unpaired) electrons. The Morgan fingerprint density at radius 1 is 1.43 bits per heavy atom. The predicted octanol–water partition coefficient (Wildman–Crippen LogP) is 1.45. The van der Waals surface area contributed by atoms with Gasteiger partial charge in [-0.1, -0.05) is 12.2 Å². The summed E-state index contributed by atoms with van der Waals surface area (Å²) in [6.07, 6.45) is 2.41. The maximum atomic E-state index is 11.1. The third kappa shape index (κ3) is 2.26. The van der Waals surface area contributed by atoms with Gasteiger partial charge in [0.1, 0.15) is 0 Å². The topological polar surface area (TPSA) is 60.8 Å². The molecule has 1 amide bonds. The third-order valence-electron chi connectivity index (χ3n) is 2.30. The summed E-state index contributed by atoms with van der Waals surface area (Å²) in [5.74, 6) is 0. The second-order valence-electron chi connectivity index (χ2n) is 4.58. The van der Waals surface area contributed by atoms with Gasteiger partial charge in [0.15, 0.2) is 0 Å². The van der Waals surface area contributed by atoms with Crippen LogP contribution >= 0.6 is 0 Å². The predicted molar refractivity (Wildman–Crippen MR) is 53.2 cm³/mol. The van der Waals surface area contributed by atoms with Gasteiger partial charge < -0.3 is 10.2 Å². The first-order valence-corrected chi connectivity index (χ1v) is 4.71. The van der Waals surface area contributed by atoms with Crippen LogP contribution < -0.4 is 0 Å². The molecule has 80 valence electrons. The second-order valence-corrected chi connectivity index (χ2v) is 4.58. The monoisotopic (exact) mass is 199 g/mol. The van der Waals surface area contributed by atoms with E-state index in [0.717, 1.165) is 0 Å². The molecule has 1 rings (SSSR count). The maximum Gasteiger partial charge on any atom is 0.408 e. The Bertz CT molecular complexity index is 255. The lowest BCUT2D eigenvalue weighted by atomic mass is 10.0. The molecule has 4 heteroatoms. The number of hydrogen-bond acceptors (Lipinski definition) is 2. The van der Waals surface area contributed by atoms with E-state index in [1.165, 1.54) is 4.90 Å². The molecule has 0 fully saturated rings. The van der Waals surface area contributed by atoms with Gasteiger partial charge in [0.05, 0.1) is 12.1 Å². The Kier molecular flexibility index (Phi) is 2.85. The van der Waals surface area contributed by atoms with Crippen molar-refractivity contribution in [1.29, 1.82) is 0 Å². The fourth-order valence-corrected chi connectivity index (χ4v) is 1.78.